The van der Waals surface area contributed by atoms with Gasteiger partial charge in [0.2, 0.25) is 0 Å². The van der Waals surface area contributed by atoms with Crippen molar-refractivity contribution in [3.63, 3.8) is 0 Å². The molecular weight excluding hydrogens is 318 g/mol. The second-order valence-electron chi connectivity index (χ2n) is 4.97. The Morgan fingerprint density at radius 3 is 2.48 bits per heavy atom. The van der Waals surface area contributed by atoms with Gasteiger partial charge < -0.3 is 9.47 Å². The summed E-state index contributed by atoms with van der Waals surface area (Å²) in [5.41, 5.74) is 1.07. The van der Waals surface area contributed by atoms with Crippen LogP contribution in [0.2, 0.25) is 0 Å². The van der Waals surface area contributed by atoms with Crippen LogP contribution in [-0.4, -0.2) is 25.7 Å². The molecule has 0 aliphatic carbocycles. The molecule has 2 aromatic rings. The minimum atomic E-state index is -0.348. The van der Waals surface area contributed by atoms with Crippen LogP contribution >= 0.6 is 0 Å². The number of carbonyl (C=O) groups is 1. The first-order valence-corrected chi connectivity index (χ1v) is 7.71. The first-order valence-electron chi connectivity index (χ1n) is 7.71. The smallest absolute Gasteiger partial charge is 0.265 e. The van der Waals surface area contributed by atoms with E-state index in [9.17, 15) is 4.79 Å². The van der Waals surface area contributed by atoms with Crippen molar-refractivity contribution < 1.29 is 14.3 Å². The number of hydrogen-bond acceptors (Lipinski definition) is 5. The molecule has 0 aliphatic heterocycles. The molecule has 0 bridgehead atoms. The van der Waals surface area contributed by atoms with Gasteiger partial charge in [0.05, 0.1) is 24.3 Å². The molecule has 0 aliphatic rings. The summed E-state index contributed by atoms with van der Waals surface area (Å²) in [6.45, 7) is 1.90. The minimum Gasteiger partial charge on any atom is -0.490 e. The van der Waals surface area contributed by atoms with Gasteiger partial charge in [0.25, 0.3) is 5.91 Å². The summed E-state index contributed by atoms with van der Waals surface area (Å²) in [6.07, 6.45) is 0. The molecule has 6 heteroatoms. The third-order valence-electron chi connectivity index (χ3n) is 3.32. The van der Waals surface area contributed by atoms with Crippen LogP contribution in [0.25, 0.3) is 0 Å². The number of carbonyl (C=O) groups excluding carboxylic acids is 1. The molecule has 0 unspecified atom stereocenters. The SMILES string of the molecule is CCOc1cc(C#N)ccc1OCC(=O)N(CC#N)c1ccccc1. The average molecular weight is 335 g/mol. The van der Waals surface area contributed by atoms with E-state index in [1.54, 1.807) is 42.5 Å². The number of benzene rings is 2. The van der Waals surface area contributed by atoms with Crippen LogP contribution in [0.4, 0.5) is 5.69 Å². The lowest BCUT2D eigenvalue weighted by atomic mass is 10.2. The van der Waals surface area contributed by atoms with Crippen LogP contribution in [0, 0.1) is 22.7 Å². The molecule has 0 atom stereocenters. The maximum absolute atomic E-state index is 12.5. The Morgan fingerprint density at radius 1 is 1.08 bits per heavy atom. The Kier molecular flexibility index (Phi) is 6.39. The van der Waals surface area contributed by atoms with Crippen molar-refractivity contribution in [2.75, 3.05) is 24.7 Å². The van der Waals surface area contributed by atoms with Crippen molar-refractivity contribution in [1.29, 1.82) is 10.5 Å². The number of amides is 1. The van der Waals surface area contributed by atoms with Crippen molar-refractivity contribution >= 4 is 11.6 Å². The zero-order valence-corrected chi connectivity index (χ0v) is 13.8. The summed E-state index contributed by atoms with van der Waals surface area (Å²) in [4.78, 5) is 13.8. The lowest BCUT2D eigenvalue weighted by molar-refractivity contribution is -0.120. The molecule has 25 heavy (non-hydrogen) atoms. The fraction of sp³-hybridized carbons (Fsp3) is 0.211. The fourth-order valence-electron chi connectivity index (χ4n) is 2.18. The average Bonchev–Trinajstić information content (AvgIpc) is 2.65. The van der Waals surface area contributed by atoms with Crippen LogP contribution in [0.5, 0.6) is 11.5 Å². The summed E-state index contributed by atoms with van der Waals surface area (Å²) >= 11 is 0. The van der Waals surface area contributed by atoms with Crippen molar-refractivity contribution in [1.82, 2.24) is 0 Å². The van der Waals surface area contributed by atoms with Crippen LogP contribution in [0.3, 0.4) is 0 Å². The van der Waals surface area contributed by atoms with Crippen LogP contribution in [0.15, 0.2) is 48.5 Å². The highest BCUT2D eigenvalue weighted by Gasteiger charge is 2.17. The van der Waals surface area contributed by atoms with E-state index in [4.69, 9.17) is 20.0 Å². The highest BCUT2D eigenvalue weighted by atomic mass is 16.5. The molecule has 0 saturated heterocycles. The van der Waals surface area contributed by atoms with Gasteiger partial charge >= 0.3 is 0 Å². The quantitative estimate of drug-likeness (QED) is 0.726. The van der Waals surface area contributed by atoms with Gasteiger partial charge in [-0.25, -0.2) is 0 Å². The number of para-hydroxylation sites is 1. The minimum absolute atomic E-state index is 0.0715. The molecule has 0 heterocycles. The Labute approximate surface area is 146 Å². The van der Waals surface area contributed by atoms with Gasteiger partial charge in [-0.15, -0.1) is 0 Å². The monoisotopic (exact) mass is 335 g/mol. The van der Waals surface area contributed by atoms with Gasteiger partial charge in [0, 0.05) is 11.8 Å². The Balaban J connectivity index is 2.13. The van der Waals surface area contributed by atoms with Gasteiger partial charge in [-0.3, -0.25) is 9.69 Å². The molecule has 0 saturated carbocycles. The first kappa shape index (κ1) is 17.8. The van der Waals surface area contributed by atoms with E-state index in [1.165, 1.54) is 4.90 Å². The highest BCUT2D eigenvalue weighted by molar-refractivity contribution is 5.94. The standard InChI is InChI=1S/C19H17N3O3/c1-2-24-18-12-15(13-21)8-9-17(18)25-14-19(23)22(11-10-20)16-6-4-3-5-7-16/h3-9,12H,2,11,14H2,1H3. The van der Waals surface area contributed by atoms with E-state index in [1.807, 2.05) is 25.1 Å². The van der Waals surface area contributed by atoms with E-state index in [0.29, 0.717) is 29.4 Å². The van der Waals surface area contributed by atoms with Crippen molar-refractivity contribution in [3.05, 3.63) is 54.1 Å². The van der Waals surface area contributed by atoms with Crippen LogP contribution < -0.4 is 14.4 Å². The highest BCUT2D eigenvalue weighted by Crippen LogP contribution is 2.28. The third kappa shape index (κ3) is 4.73. The second kappa shape index (κ2) is 8.95. The van der Waals surface area contributed by atoms with E-state index in [0.717, 1.165) is 0 Å². The van der Waals surface area contributed by atoms with Crippen molar-refractivity contribution in [3.8, 4) is 23.6 Å². The molecule has 0 radical (unpaired) electrons. The lowest BCUT2D eigenvalue weighted by Gasteiger charge is -2.20. The molecule has 1 amide bonds. The Bertz CT molecular complexity index is 807. The molecule has 2 rings (SSSR count). The number of anilines is 1. The van der Waals surface area contributed by atoms with Gasteiger partial charge in [-0.2, -0.15) is 10.5 Å². The first-order chi connectivity index (χ1) is 12.2. The summed E-state index contributed by atoms with van der Waals surface area (Å²) in [6, 6.07) is 17.7. The maximum Gasteiger partial charge on any atom is 0.265 e. The molecule has 0 N–H and O–H groups in total. The molecule has 0 spiro atoms. The van der Waals surface area contributed by atoms with Crippen LogP contribution in [0.1, 0.15) is 12.5 Å². The van der Waals surface area contributed by atoms with E-state index in [-0.39, 0.29) is 19.1 Å². The normalized spacial score (nSPS) is 9.56. The van der Waals surface area contributed by atoms with Crippen molar-refractivity contribution in [2.24, 2.45) is 0 Å². The predicted molar refractivity (Wildman–Crippen MR) is 92.2 cm³/mol. The van der Waals surface area contributed by atoms with Gasteiger partial charge in [0.15, 0.2) is 18.1 Å². The number of nitrogens with zero attached hydrogens (tertiary/aromatic N) is 3. The number of rotatable bonds is 7. The van der Waals surface area contributed by atoms with Crippen molar-refractivity contribution in [2.45, 2.75) is 6.92 Å². The molecular formula is C19H17N3O3. The second-order valence-corrected chi connectivity index (χ2v) is 4.97. The van der Waals surface area contributed by atoms with E-state index in [2.05, 4.69) is 0 Å². The molecule has 0 fully saturated rings. The fourth-order valence-corrected chi connectivity index (χ4v) is 2.18. The molecule has 6 nitrogen and oxygen atoms in total. The summed E-state index contributed by atoms with van der Waals surface area (Å²) in [5.74, 6) is 0.430. The topological polar surface area (TPSA) is 86.3 Å². The zero-order chi connectivity index (χ0) is 18.1. The maximum atomic E-state index is 12.5. The van der Waals surface area contributed by atoms with E-state index >= 15 is 0 Å². The van der Waals surface area contributed by atoms with E-state index < -0.39 is 0 Å². The lowest BCUT2D eigenvalue weighted by Crippen LogP contribution is -2.35. The summed E-state index contributed by atoms with van der Waals surface area (Å²) < 4.78 is 11.0. The summed E-state index contributed by atoms with van der Waals surface area (Å²) in [7, 11) is 0. The number of hydrogen-bond donors (Lipinski definition) is 0. The number of nitriles is 2. The zero-order valence-electron chi connectivity index (χ0n) is 13.8. The molecule has 126 valence electrons. The largest absolute Gasteiger partial charge is 0.490 e. The third-order valence-corrected chi connectivity index (χ3v) is 3.32. The van der Waals surface area contributed by atoms with Crippen LogP contribution in [-0.2, 0) is 4.79 Å². The molecule has 0 aromatic heterocycles. The predicted octanol–water partition coefficient (Wildman–Crippen LogP) is 2.89. The van der Waals surface area contributed by atoms with Gasteiger partial charge in [0.1, 0.15) is 6.54 Å². The number of ether oxygens (including phenoxy) is 2. The summed E-state index contributed by atoms with van der Waals surface area (Å²) in [5, 5.41) is 17.9. The molecule has 2 aromatic carbocycles. The Hall–Kier alpha value is -3.51. The van der Waals surface area contributed by atoms with Gasteiger partial charge in [-0.05, 0) is 31.2 Å². The Morgan fingerprint density at radius 2 is 1.84 bits per heavy atom. The van der Waals surface area contributed by atoms with Gasteiger partial charge in [-0.1, -0.05) is 18.2 Å².